The third-order valence-electron chi connectivity index (χ3n) is 2.76. The van der Waals surface area contributed by atoms with Crippen molar-refractivity contribution in [2.75, 3.05) is 7.11 Å². The Bertz CT molecular complexity index is 422. The lowest BCUT2D eigenvalue weighted by atomic mass is 9.90. The average Bonchev–Trinajstić information content (AvgIpc) is 2.29. The number of esters is 1. The zero-order valence-electron chi connectivity index (χ0n) is 9.40. The van der Waals surface area contributed by atoms with Gasteiger partial charge in [0.15, 0.2) is 0 Å². The number of carbonyl (C=O) groups is 1. The number of methoxy groups -OCH3 is 1. The molecule has 0 aliphatic carbocycles. The second-order valence-electron chi connectivity index (χ2n) is 4.01. The maximum absolute atomic E-state index is 11.4. The Hall–Kier alpha value is -1.77. The van der Waals surface area contributed by atoms with Crippen LogP contribution >= 0.6 is 0 Å². The zero-order valence-corrected chi connectivity index (χ0v) is 9.40. The van der Waals surface area contributed by atoms with Crippen molar-refractivity contribution in [1.82, 2.24) is 0 Å². The number of hydrogen-bond donors (Lipinski definition) is 0. The van der Waals surface area contributed by atoms with Crippen molar-refractivity contribution in [2.24, 2.45) is 0 Å². The number of rotatable bonds is 2. The van der Waals surface area contributed by atoms with Crippen LogP contribution in [0, 0.1) is 0 Å². The van der Waals surface area contributed by atoms with Gasteiger partial charge in [0.25, 0.3) is 0 Å². The summed E-state index contributed by atoms with van der Waals surface area (Å²) in [7, 11) is 1.57. The van der Waals surface area contributed by atoms with Crippen LogP contribution in [-0.4, -0.2) is 13.1 Å². The van der Waals surface area contributed by atoms with E-state index >= 15 is 0 Å². The van der Waals surface area contributed by atoms with Gasteiger partial charge in [0.1, 0.15) is 11.4 Å². The molecule has 1 aliphatic heterocycles. The molecule has 16 heavy (non-hydrogen) atoms. The predicted molar refractivity (Wildman–Crippen MR) is 59.6 cm³/mol. The fourth-order valence-corrected chi connectivity index (χ4v) is 1.89. The Balaban J connectivity index is 2.34. The van der Waals surface area contributed by atoms with E-state index in [0.717, 1.165) is 5.56 Å². The van der Waals surface area contributed by atoms with Crippen molar-refractivity contribution in [3.63, 3.8) is 0 Å². The van der Waals surface area contributed by atoms with E-state index in [1.807, 2.05) is 37.3 Å². The first-order chi connectivity index (χ1) is 7.64. The van der Waals surface area contributed by atoms with Gasteiger partial charge in [0.05, 0.1) is 13.2 Å². The van der Waals surface area contributed by atoms with Crippen LogP contribution in [0.25, 0.3) is 0 Å². The molecule has 0 saturated carbocycles. The maximum atomic E-state index is 11.4. The van der Waals surface area contributed by atoms with Crippen molar-refractivity contribution < 1.29 is 14.3 Å². The van der Waals surface area contributed by atoms with Gasteiger partial charge in [-0.1, -0.05) is 30.3 Å². The second-order valence-corrected chi connectivity index (χ2v) is 4.01. The van der Waals surface area contributed by atoms with E-state index in [9.17, 15) is 4.79 Å². The van der Waals surface area contributed by atoms with Gasteiger partial charge in [0.2, 0.25) is 0 Å². The molecule has 3 nitrogen and oxygen atoms in total. The van der Waals surface area contributed by atoms with Crippen molar-refractivity contribution >= 4 is 5.97 Å². The number of ether oxygens (including phenoxy) is 2. The summed E-state index contributed by atoms with van der Waals surface area (Å²) in [5.41, 5.74) is 0.351. The summed E-state index contributed by atoms with van der Waals surface area (Å²) in [5.74, 6) is 0.303. The number of hydrogen-bond acceptors (Lipinski definition) is 3. The van der Waals surface area contributed by atoms with Crippen LogP contribution in [0.15, 0.2) is 42.2 Å². The van der Waals surface area contributed by atoms with Crippen LogP contribution in [0.3, 0.4) is 0 Å². The second kappa shape index (κ2) is 4.00. The standard InChI is InChI=1S/C13H14O3/c1-13(10-6-4-3-5-7-10)9-11(15-2)8-12(14)16-13/h3-8H,9H2,1-2H3/t13-/m1/s1. The molecular weight excluding hydrogens is 204 g/mol. The third kappa shape index (κ3) is 1.94. The minimum absolute atomic E-state index is 0.352. The lowest BCUT2D eigenvalue weighted by Gasteiger charge is -2.33. The highest BCUT2D eigenvalue weighted by Gasteiger charge is 2.35. The Labute approximate surface area is 94.7 Å². The Kier molecular flexibility index (Phi) is 2.69. The lowest BCUT2D eigenvalue weighted by molar-refractivity contribution is -0.156. The van der Waals surface area contributed by atoms with Crippen LogP contribution in [0.2, 0.25) is 0 Å². The summed E-state index contributed by atoms with van der Waals surface area (Å²) in [6.07, 6.45) is 1.96. The van der Waals surface area contributed by atoms with Crippen molar-refractivity contribution in [2.45, 2.75) is 18.9 Å². The number of carbonyl (C=O) groups excluding carboxylic acids is 1. The summed E-state index contributed by atoms with van der Waals surface area (Å²) in [5, 5.41) is 0. The SMILES string of the molecule is COC1=CC(=O)O[C@@](C)(c2ccccc2)C1. The highest BCUT2D eigenvalue weighted by atomic mass is 16.6. The van der Waals surface area contributed by atoms with Crippen LogP contribution in [0.5, 0.6) is 0 Å². The first kappa shape index (κ1) is 10.7. The topological polar surface area (TPSA) is 35.5 Å². The quantitative estimate of drug-likeness (QED) is 0.715. The van der Waals surface area contributed by atoms with Gasteiger partial charge in [0, 0.05) is 6.42 Å². The summed E-state index contributed by atoms with van der Waals surface area (Å²) < 4.78 is 10.5. The molecule has 0 bridgehead atoms. The normalized spacial score (nSPS) is 24.6. The van der Waals surface area contributed by atoms with E-state index in [1.54, 1.807) is 7.11 Å². The summed E-state index contributed by atoms with van der Waals surface area (Å²) in [6.45, 7) is 1.90. The molecule has 0 radical (unpaired) electrons. The van der Waals surface area contributed by atoms with Crippen molar-refractivity contribution in [3.8, 4) is 0 Å². The molecule has 0 amide bonds. The van der Waals surface area contributed by atoms with E-state index < -0.39 is 5.60 Å². The minimum Gasteiger partial charge on any atom is -0.501 e. The molecule has 0 fully saturated rings. The summed E-state index contributed by atoms with van der Waals surface area (Å²) in [6, 6.07) is 9.70. The van der Waals surface area contributed by atoms with Gasteiger partial charge in [-0.25, -0.2) is 4.79 Å². The average molecular weight is 218 g/mol. The van der Waals surface area contributed by atoms with E-state index in [0.29, 0.717) is 12.2 Å². The lowest BCUT2D eigenvalue weighted by Crippen LogP contribution is -2.32. The highest BCUT2D eigenvalue weighted by molar-refractivity contribution is 5.84. The molecule has 0 unspecified atom stereocenters. The number of cyclic esters (lactones) is 1. The predicted octanol–water partition coefficient (Wildman–Crippen LogP) is 2.38. The number of benzene rings is 1. The first-order valence-electron chi connectivity index (χ1n) is 5.17. The van der Waals surface area contributed by atoms with Crippen LogP contribution in [-0.2, 0) is 19.9 Å². The molecule has 1 aliphatic rings. The van der Waals surface area contributed by atoms with E-state index in [1.165, 1.54) is 6.08 Å². The van der Waals surface area contributed by atoms with Gasteiger partial charge in [-0.15, -0.1) is 0 Å². The Morgan fingerprint density at radius 1 is 1.31 bits per heavy atom. The molecule has 0 aromatic heterocycles. The smallest absolute Gasteiger partial charge is 0.335 e. The summed E-state index contributed by atoms with van der Waals surface area (Å²) in [4.78, 5) is 11.4. The minimum atomic E-state index is -0.627. The van der Waals surface area contributed by atoms with Gasteiger partial charge in [-0.05, 0) is 12.5 Å². The molecule has 2 rings (SSSR count). The van der Waals surface area contributed by atoms with Gasteiger partial charge >= 0.3 is 5.97 Å². The molecule has 1 atom stereocenters. The Morgan fingerprint density at radius 3 is 2.62 bits per heavy atom. The molecule has 0 N–H and O–H groups in total. The Morgan fingerprint density at radius 2 is 2.00 bits per heavy atom. The monoisotopic (exact) mass is 218 g/mol. The van der Waals surface area contributed by atoms with Crippen molar-refractivity contribution in [1.29, 1.82) is 0 Å². The van der Waals surface area contributed by atoms with E-state index in [-0.39, 0.29) is 5.97 Å². The molecule has 3 heteroatoms. The fraction of sp³-hybridized carbons (Fsp3) is 0.308. The molecule has 1 aromatic rings. The fourth-order valence-electron chi connectivity index (χ4n) is 1.89. The van der Waals surface area contributed by atoms with Gasteiger partial charge in [-0.3, -0.25) is 0 Å². The first-order valence-corrected chi connectivity index (χ1v) is 5.17. The van der Waals surface area contributed by atoms with Gasteiger partial charge < -0.3 is 9.47 Å². The molecule has 0 spiro atoms. The highest BCUT2D eigenvalue weighted by Crippen LogP contribution is 2.35. The molecule has 84 valence electrons. The van der Waals surface area contributed by atoms with E-state index in [4.69, 9.17) is 9.47 Å². The van der Waals surface area contributed by atoms with E-state index in [2.05, 4.69) is 0 Å². The third-order valence-corrected chi connectivity index (χ3v) is 2.76. The molecule has 0 saturated heterocycles. The van der Waals surface area contributed by atoms with Crippen molar-refractivity contribution in [3.05, 3.63) is 47.7 Å². The molecular formula is C13H14O3. The van der Waals surface area contributed by atoms with Gasteiger partial charge in [-0.2, -0.15) is 0 Å². The zero-order chi connectivity index (χ0) is 11.6. The molecule has 1 aromatic carbocycles. The van der Waals surface area contributed by atoms with Crippen LogP contribution in [0.4, 0.5) is 0 Å². The van der Waals surface area contributed by atoms with Crippen LogP contribution in [0.1, 0.15) is 18.9 Å². The summed E-state index contributed by atoms with van der Waals surface area (Å²) >= 11 is 0. The molecule has 1 heterocycles. The maximum Gasteiger partial charge on any atom is 0.335 e. The largest absolute Gasteiger partial charge is 0.501 e. The van der Waals surface area contributed by atoms with Crippen LogP contribution < -0.4 is 0 Å².